The SMILES string of the molecule is C1=CC2c3ccccc3C3(c4ccccc4-c4c3ccc3c4Oc4cc(N(c5ccccc5)c5ccccc5-c5cccc6c5sc5ccccc56)ccc4O3)C2C=C1. The second-order valence-corrected chi connectivity index (χ2v) is 16.9. The van der Waals surface area contributed by atoms with Gasteiger partial charge in [0.25, 0.3) is 0 Å². The van der Waals surface area contributed by atoms with Crippen molar-refractivity contribution in [3.63, 3.8) is 0 Å². The molecular formula is C55H35NO2S. The average molecular weight is 774 g/mol. The first kappa shape index (κ1) is 32.9. The van der Waals surface area contributed by atoms with Crippen LogP contribution in [0.1, 0.15) is 28.2 Å². The molecule has 278 valence electrons. The van der Waals surface area contributed by atoms with Gasteiger partial charge in [-0.1, -0.05) is 152 Å². The van der Waals surface area contributed by atoms with Gasteiger partial charge >= 0.3 is 0 Å². The van der Waals surface area contributed by atoms with Crippen molar-refractivity contribution in [2.24, 2.45) is 5.92 Å². The minimum atomic E-state index is -0.347. The molecule has 0 radical (unpaired) electrons. The number of ether oxygens (including phenoxy) is 2. The maximum absolute atomic E-state index is 7.19. The predicted molar refractivity (Wildman–Crippen MR) is 242 cm³/mol. The zero-order valence-electron chi connectivity index (χ0n) is 31.9. The molecule has 0 bridgehead atoms. The molecule has 4 aliphatic rings. The molecular weight excluding hydrogens is 739 g/mol. The van der Waals surface area contributed by atoms with Crippen LogP contribution < -0.4 is 14.4 Å². The van der Waals surface area contributed by atoms with E-state index in [-0.39, 0.29) is 11.3 Å². The number of fused-ring (bicyclic) bond motifs is 16. The molecule has 3 aliphatic carbocycles. The Morgan fingerprint density at radius 3 is 2.15 bits per heavy atom. The molecule has 0 N–H and O–H groups in total. The monoisotopic (exact) mass is 773 g/mol. The van der Waals surface area contributed by atoms with Crippen LogP contribution in [-0.4, -0.2) is 0 Å². The number of anilines is 3. The van der Waals surface area contributed by atoms with Gasteiger partial charge in [0.2, 0.25) is 0 Å². The van der Waals surface area contributed by atoms with E-state index in [0.29, 0.717) is 17.4 Å². The van der Waals surface area contributed by atoms with Gasteiger partial charge < -0.3 is 14.4 Å². The quantitative estimate of drug-likeness (QED) is 0.178. The Hall–Kier alpha value is -7.14. The highest BCUT2D eigenvalue weighted by molar-refractivity contribution is 7.26. The third-order valence-corrected chi connectivity index (χ3v) is 14.2. The summed E-state index contributed by atoms with van der Waals surface area (Å²) < 4.78 is 16.6. The number of benzene rings is 8. The largest absolute Gasteiger partial charge is 0.449 e. The Balaban J connectivity index is 0.975. The standard InChI is InChI=1S/C55H35NO2S/c1-2-15-34(16-3-1)56(47-27-12-7-19-38(47)40-22-14-23-41-39-20-8-13-28-51(39)59-54(40)41)35-29-31-48-50(33-35)58-53-49(57-48)32-30-46-52(53)42-21-6-11-26-45(42)55(46)43-24-9-4-17-36(43)37-18-5-10-25-44(37)55/h1-33,36,43H. The summed E-state index contributed by atoms with van der Waals surface area (Å²) in [5.41, 5.74) is 12.9. The van der Waals surface area contributed by atoms with Crippen LogP contribution in [0.2, 0.25) is 0 Å². The summed E-state index contributed by atoms with van der Waals surface area (Å²) in [7, 11) is 0. The molecule has 1 aromatic heterocycles. The van der Waals surface area contributed by atoms with Crippen LogP contribution in [0.4, 0.5) is 17.1 Å². The molecule has 0 saturated carbocycles. The second kappa shape index (κ2) is 12.4. The minimum Gasteiger partial charge on any atom is -0.449 e. The van der Waals surface area contributed by atoms with Gasteiger partial charge in [0.05, 0.1) is 16.8 Å². The van der Waals surface area contributed by atoms with Crippen molar-refractivity contribution in [2.75, 3.05) is 4.90 Å². The van der Waals surface area contributed by atoms with Crippen molar-refractivity contribution < 1.29 is 9.47 Å². The van der Waals surface area contributed by atoms with Crippen LogP contribution in [0.3, 0.4) is 0 Å². The summed E-state index contributed by atoms with van der Waals surface area (Å²) >= 11 is 1.86. The van der Waals surface area contributed by atoms with E-state index in [1.54, 1.807) is 0 Å². The third-order valence-electron chi connectivity index (χ3n) is 13.0. The summed E-state index contributed by atoms with van der Waals surface area (Å²) in [6.45, 7) is 0. The minimum absolute atomic E-state index is 0.242. The second-order valence-electron chi connectivity index (χ2n) is 15.9. The zero-order chi connectivity index (χ0) is 38.7. The van der Waals surface area contributed by atoms with Gasteiger partial charge in [-0.05, 0) is 70.3 Å². The normalized spacial score (nSPS) is 18.7. The van der Waals surface area contributed by atoms with Gasteiger partial charge in [-0.2, -0.15) is 0 Å². The number of nitrogens with zero attached hydrogens (tertiary/aromatic N) is 1. The summed E-state index contributed by atoms with van der Waals surface area (Å²) in [4.78, 5) is 2.35. The Bertz CT molecular complexity index is 3270. The van der Waals surface area contributed by atoms with Crippen LogP contribution in [0, 0.1) is 5.92 Å². The fourth-order valence-corrected chi connectivity index (χ4v) is 11.9. The van der Waals surface area contributed by atoms with Crippen LogP contribution >= 0.6 is 11.3 Å². The van der Waals surface area contributed by atoms with Crippen molar-refractivity contribution in [1.29, 1.82) is 0 Å². The Kier molecular flexibility index (Phi) is 6.93. The Morgan fingerprint density at radius 1 is 0.492 bits per heavy atom. The average Bonchev–Trinajstić information content (AvgIpc) is 3.93. The zero-order valence-corrected chi connectivity index (χ0v) is 32.7. The lowest BCUT2D eigenvalue weighted by Gasteiger charge is -2.36. The van der Waals surface area contributed by atoms with Crippen molar-refractivity contribution >= 4 is 48.6 Å². The van der Waals surface area contributed by atoms with E-state index in [1.807, 2.05) is 11.3 Å². The van der Waals surface area contributed by atoms with Crippen LogP contribution in [0.5, 0.6) is 23.0 Å². The van der Waals surface area contributed by atoms with E-state index in [9.17, 15) is 0 Å². The number of rotatable bonds is 4. The number of hydrogen-bond acceptors (Lipinski definition) is 4. The summed E-state index contributed by atoms with van der Waals surface area (Å²) in [6, 6.07) is 63.5. The maximum atomic E-state index is 7.19. The molecule has 4 heteroatoms. The molecule has 2 heterocycles. The first-order chi connectivity index (χ1) is 29.3. The van der Waals surface area contributed by atoms with E-state index in [0.717, 1.165) is 39.7 Å². The van der Waals surface area contributed by atoms with Crippen molar-refractivity contribution in [3.8, 4) is 45.3 Å². The first-order valence-corrected chi connectivity index (χ1v) is 21.2. The number of para-hydroxylation sites is 2. The fourth-order valence-electron chi connectivity index (χ4n) is 10.7. The van der Waals surface area contributed by atoms with Gasteiger partial charge in [-0.25, -0.2) is 0 Å². The van der Waals surface area contributed by atoms with Gasteiger partial charge in [0.15, 0.2) is 23.0 Å². The molecule has 9 aromatic rings. The van der Waals surface area contributed by atoms with E-state index in [1.165, 1.54) is 53.6 Å². The summed E-state index contributed by atoms with van der Waals surface area (Å²) in [6.07, 6.45) is 9.24. The molecule has 13 rings (SSSR count). The lowest BCUT2D eigenvalue weighted by Crippen LogP contribution is -2.32. The van der Waals surface area contributed by atoms with Gasteiger partial charge in [0.1, 0.15) is 0 Å². The summed E-state index contributed by atoms with van der Waals surface area (Å²) in [5.74, 6) is 3.44. The predicted octanol–water partition coefficient (Wildman–Crippen LogP) is 15.2. The molecule has 0 fully saturated rings. The van der Waals surface area contributed by atoms with E-state index >= 15 is 0 Å². The maximum Gasteiger partial charge on any atom is 0.178 e. The lowest BCUT2D eigenvalue weighted by molar-refractivity contribution is 0.360. The fraction of sp³-hybridized carbons (Fsp3) is 0.0545. The molecule has 3 unspecified atom stereocenters. The highest BCUT2D eigenvalue weighted by Gasteiger charge is 2.58. The van der Waals surface area contributed by atoms with Crippen molar-refractivity contribution in [2.45, 2.75) is 11.3 Å². The molecule has 1 spiro atoms. The van der Waals surface area contributed by atoms with Gasteiger partial charge in [-0.15, -0.1) is 11.3 Å². The first-order valence-electron chi connectivity index (χ1n) is 20.3. The molecule has 3 atom stereocenters. The van der Waals surface area contributed by atoms with E-state index < -0.39 is 0 Å². The topological polar surface area (TPSA) is 21.7 Å². The molecule has 1 aliphatic heterocycles. The smallest absolute Gasteiger partial charge is 0.178 e. The van der Waals surface area contributed by atoms with Crippen LogP contribution in [-0.2, 0) is 5.41 Å². The van der Waals surface area contributed by atoms with E-state index in [4.69, 9.17) is 9.47 Å². The lowest BCUT2D eigenvalue weighted by atomic mass is 9.65. The van der Waals surface area contributed by atoms with Gasteiger partial charge in [0, 0.05) is 60.5 Å². The van der Waals surface area contributed by atoms with Crippen LogP contribution in [0.15, 0.2) is 200 Å². The Morgan fingerprint density at radius 2 is 1.22 bits per heavy atom. The number of hydrogen-bond donors (Lipinski definition) is 0. The molecule has 0 amide bonds. The van der Waals surface area contributed by atoms with Crippen molar-refractivity contribution in [3.05, 3.63) is 222 Å². The van der Waals surface area contributed by atoms with Gasteiger partial charge in [-0.3, -0.25) is 0 Å². The molecule has 8 aromatic carbocycles. The summed E-state index contributed by atoms with van der Waals surface area (Å²) in [5, 5.41) is 2.58. The van der Waals surface area contributed by atoms with Crippen molar-refractivity contribution in [1.82, 2.24) is 0 Å². The van der Waals surface area contributed by atoms with Crippen LogP contribution in [0.25, 0.3) is 42.4 Å². The highest BCUT2D eigenvalue weighted by Crippen LogP contribution is 2.68. The number of thiophene rings is 1. The third kappa shape index (κ3) is 4.52. The highest BCUT2D eigenvalue weighted by atomic mass is 32.1. The molecule has 0 saturated heterocycles. The van der Waals surface area contributed by atoms with E-state index in [2.05, 4.69) is 205 Å². The Labute approximate surface area is 346 Å². The number of allylic oxidation sites excluding steroid dienone is 4. The molecule has 3 nitrogen and oxygen atoms in total. The molecule has 59 heavy (non-hydrogen) atoms.